The summed E-state index contributed by atoms with van der Waals surface area (Å²) in [5.74, 6) is 0.204. The van der Waals surface area contributed by atoms with Gasteiger partial charge < -0.3 is 0 Å². The Morgan fingerprint density at radius 2 is 1.84 bits per heavy atom. The van der Waals surface area contributed by atoms with Gasteiger partial charge in [-0.25, -0.2) is 0 Å². The Kier molecular flexibility index (Phi) is 3.14. The third-order valence-corrected chi connectivity index (χ3v) is 5.59. The van der Waals surface area contributed by atoms with E-state index in [4.69, 9.17) is 0 Å². The van der Waals surface area contributed by atoms with Gasteiger partial charge in [-0.1, -0.05) is 0 Å². The number of aryl methyl sites for hydroxylation is 2. The summed E-state index contributed by atoms with van der Waals surface area (Å²) >= 11 is 0.144. The van der Waals surface area contributed by atoms with Crippen LogP contribution in [0.25, 0.3) is 6.08 Å². The standard InChI is InChI=1S/C17H14OSe/c1-11-7-8-13(12(2)9-11)10-16-17(18)14-5-3-4-6-15(14)19-16/h3-10H,1-2H3/b16-10-. The predicted molar refractivity (Wildman–Crippen MR) is 80.1 cm³/mol. The van der Waals surface area contributed by atoms with E-state index in [-0.39, 0.29) is 20.7 Å². The number of allylic oxidation sites excluding steroid dienone is 1. The summed E-state index contributed by atoms with van der Waals surface area (Å²) < 4.78 is 2.16. The van der Waals surface area contributed by atoms with Crippen molar-refractivity contribution in [2.75, 3.05) is 0 Å². The average molecular weight is 313 g/mol. The zero-order chi connectivity index (χ0) is 13.4. The minimum absolute atomic E-state index is 0.144. The number of Topliss-reactive ketones (excluding diaryl/α,β-unsaturated/α-hetero) is 1. The van der Waals surface area contributed by atoms with Gasteiger partial charge in [0.05, 0.1) is 0 Å². The summed E-state index contributed by atoms with van der Waals surface area (Å²) in [6.45, 7) is 4.18. The van der Waals surface area contributed by atoms with E-state index in [0.29, 0.717) is 0 Å². The van der Waals surface area contributed by atoms with Gasteiger partial charge in [0.25, 0.3) is 0 Å². The molecule has 0 unspecified atom stereocenters. The Morgan fingerprint density at radius 1 is 1.05 bits per heavy atom. The van der Waals surface area contributed by atoms with Gasteiger partial charge in [0.15, 0.2) is 0 Å². The Morgan fingerprint density at radius 3 is 2.58 bits per heavy atom. The maximum atomic E-state index is 12.3. The first-order valence-electron chi connectivity index (χ1n) is 6.26. The third-order valence-electron chi connectivity index (χ3n) is 3.29. The van der Waals surface area contributed by atoms with Crippen LogP contribution >= 0.6 is 0 Å². The van der Waals surface area contributed by atoms with Crippen LogP contribution in [0.3, 0.4) is 0 Å². The molecule has 0 aliphatic carbocycles. The SMILES string of the molecule is Cc1ccc(/C=C2\[Se]c3ccccc3C2=O)c(C)c1. The molecule has 2 aromatic carbocycles. The van der Waals surface area contributed by atoms with E-state index in [9.17, 15) is 4.79 Å². The van der Waals surface area contributed by atoms with Crippen LogP contribution in [0.2, 0.25) is 0 Å². The molecule has 0 N–H and O–H groups in total. The fourth-order valence-electron chi connectivity index (χ4n) is 2.26. The molecule has 0 radical (unpaired) electrons. The van der Waals surface area contributed by atoms with Gasteiger partial charge in [0, 0.05) is 0 Å². The third kappa shape index (κ3) is 2.30. The van der Waals surface area contributed by atoms with Crippen molar-refractivity contribution in [3.63, 3.8) is 0 Å². The van der Waals surface area contributed by atoms with Crippen LogP contribution in [0.1, 0.15) is 27.0 Å². The average Bonchev–Trinajstić information content (AvgIpc) is 2.70. The van der Waals surface area contributed by atoms with Crippen molar-refractivity contribution < 1.29 is 4.79 Å². The summed E-state index contributed by atoms with van der Waals surface area (Å²) in [6.07, 6.45) is 2.07. The number of carbonyl (C=O) groups is 1. The maximum absolute atomic E-state index is 12.3. The van der Waals surface area contributed by atoms with Crippen LogP contribution in [-0.2, 0) is 0 Å². The van der Waals surface area contributed by atoms with Crippen LogP contribution in [0.4, 0.5) is 0 Å². The second-order valence-electron chi connectivity index (χ2n) is 4.80. The number of fused-ring (bicyclic) bond motifs is 1. The van der Waals surface area contributed by atoms with Crippen LogP contribution in [0.15, 0.2) is 46.9 Å². The first kappa shape index (κ1) is 12.4. The van der Waals surface area contributed by atoms with Crippen LogP contribution in [0, 0.1) is 13.8 Å². The molecular weight excluding hydrogens is 299 g/mol. The molecule has 0 spiro atoms. The summed E-state index contributed by atoms with van der Waals surface area (Å²) in [7, 11) is 0. The molecule has 3 rings (SSSR count). The Balaban J connectivity index is 2.01. The number of carbonyl (C=O) groups excluding carboxylic acids is 1. The number of ketones is 1. The number of hydrogen-bond donors (Lipinski definition) is 0. The van der Waals surface area contributed by atoms with Gasteiger partial charge in [-0.15, -0.1) is 0 Å². The molecule has 0 saturated heterocycles. The van der Waals surface area contributed by atoms with E-state index < -0.39 is 0 Å². The number of benzene rings is 2. The quantitative estimate of drug-likeness (QED) is 0.584. The molecule has 1 heterocycles. The van der Waals surface area contributed by atoms with Crippen molar-refractivity contribution in [2.45, 2.75) is 13.8 Å². The Hall–Kier alpha value is -1.63. The Labute approximate surface area is 119 Å². The van der Waals surface area contributed by atoms with E-state index in [1.165, 1.54) is 15.6 Å². The molecular formula is C17H14OSe. The summed E-state index contributed by atoms with van der Waals surface area (Å²) in [4.78, 5) is 12.3. The monoisotopic (exact) mass is 314 g/mol. The first-order chi connectivity index (χ1) is 9.15. The fraction of sp³-hybridized carbons (Fsp3) is 0.118. The van der Waals surface area contributed by atoms with E-state index in [2.05, 4.69) is 44.2 Å². The summed E-state index contributed by atoms with van der Waals surface area (Å²) in [5, 5.41) is 0. The van der Waals surface area contributed by atoms with Gasteiger partial charge in [-0.3, -0.25) is 0 Å². The molecule has 2 aromatic rings. The zero-order valence-corrected chi connectivity index (χ0v) is 12.6. The van der Waals surface area contributed by atoms with E-state index in [1.807, 2.05) is 18.2 Å². The van der Waals surface area contributed by atoms with Crippen LogP contribution in [0.5, 0.6) is 0 Å². The minimum atomic E-state index is 0.144. The molecule has 0 fully saturated rings. The van der Waals surface area contributed by atoms with Crippen molar-refractivity contribution in [2.24, 2.45) is 0 Å². The van der Waals surface area contributed by atoms with Crippen molar-refractivity contribution in [3.05, 3.63) is 69.2 Å². The second-order valence-corrected chi connectivity index (χ2v) is 7.07. The van der Waals surface area contributed by atoms with E-state index in [1.54, 1.807) is 0 Å². The van der Waals surface area contributed by atoms with Gasteiger partial charge in [0.2, 0.25) is 0 Å². The molecule has 2 heteroatoms. The van der Waals surface area contributed by atoms with Crippen molar-refractivity contribution >= 4 is 31.3 Å². The molecule has 19 heavy (non-hydrogen) atoms. The number of rotatable bonds is 1. The summed E-state index contributed by atoms with van der Waals surface area (Å²) in [6, 6.07) is 14.3. The second kappa shape index (κ2) is 4.80. The normalized spacial score (nSPS) is 15.9. The Bertz CT molecular complexity index is 698. The molecule has 1 aliphatic rings. The van der Waals surface area contributed by atoms with E-state index >= 15 is 0 Å². The topological polar surface area (TPSA) is 17.1 Å². The van der Waals surface area contributed by atoms with Gasteiger partial charge in [0.1, 0.15) is 0 Å². The van der Waals surface area contributed by atoms with Crippen LogP contribution < -0.4 is 4.46 Å². The fourth-order valence-corrected chi connectivity index (χ4v) is 4.45. The van der Waals surface area contributed by atoms with Crippen molar-refractivity contribution in [3.8, 4) is 0 Å². The number of hydrogen-bond acceptors (Lipinski definition) is 1. The van der Waals surface area contributed by atoms with Gasteiger partial charge in [-0.2, -0.15) is 0 Å². The molecule has 1 nitrogen and oxygen atoms in total. The molecule has 0 amide bonds. The van der Waals surface area contributed by atoms with Gasteiger partial charge in [-0.05, 0) is 0 Å². The van der Waals surface area contributed by atoms with Gasteiger partial charge >= 0.3 is 119 Å². The zero-order valence-electron chi connectivity index (χ0n) is 10.9. The molecule has 0 bridgehead atoms. The van der Waals surface area contributed by atoms with Crippen molar-refractivity contribution in [1.82, 2.24) is 0 Å². The van der Waals surface area contributed by atoms with E-state index in [0.717, 1.165) is 15.6 Å². The molecule has 1 aliphatic heterocycles. The molecule has 0 saturated carbocycles. The molecule has 0 atom stereocenters. The van der Waals surface area contributed by atoms with Crippen LogP contribution in [-0.4, -0.2) is 20.7 Å². The summed E-state index contributed by atoms with van der Waals surface area (Å²) in [5.41, 5.74) is 4.53. The molecule has 94 valence electrons. The predicted octanol–water partition coefficient (Wildman–Crippen LogP) is 2.87. The first-order valence-corrected chi connectivity index (χ1v) is 7.97. The van der Waals surface area contributed by atoms with Crippen molar-refractivity contribution in [1.29, 1.82) is 0 Å². The molecule has 0 aromatic heterocycles.